The molecule has 2 aromatic rings. The van der Waals surface area contributed by atoms with Gasteiger partial charge in [0.05, 0.1) is 16.9 Å². The lowest BCUT2D eigenvalue weighted by Gasteiger charge is -2.35. The Bertz CT molecular complexity index is 765. The minimum absolute atomic E-state index is 0.0862. The quantitative estimate of drug-likeness (QED) is 0.752. The molecule has 1 saturated heterocycles. The van der Waals surface area contributed by atoms with Crippen molar-refractivity contribution in [3.63, 3.8) is 0 Å². The molecule has 5 heteroatoms. The highest BCUT2D eigenvalue weighted by Gasteiger charge is 2.26. The fourth-order valence-electron chi connectivity index (χ4n) is 3.75. The number of aromatic nitrogens is 2. The summed E-state index contributed by atoms with van der Waals surface area (Å²) in [6.07, 6.45) is 5.95. The average molecular weight is 392 g/mol. The van der Waals surface area contributed by atoms with Crippen LogP contribution in [0.15, 0.2) is 27.5 Å². The third-order valence-corrected chi connectivity index (χ3v) is 5.45. The van der Waals surface area contributed by atoms with E-state index in [0.29, 0.717) is 11.9 Å². The summed E-state index contributed by atoms with van der Waals surface area (Å²) in [5, 5.41) is 0.706. The number of nitrogens with zero attached hydrogens (tertiary/aromatic N) is 3. The molecular formula is C19H26BrN3O. The van der Waals surface area contributed by atoms with Crippen LogP contribution in [0.1, 0.15) is 57.8 Å². The molecule has 130 valence electrons. The standard InChI is InChI=1S/C19H26BrN3O/c1-3-8-17(22-11-6-5-7-12-22)18-21-16-13-14(20)9-10-15(16)19(24)23(18)4-2/h9-10,13,17H,3-8,11-12H2,1-2H3. The minimum Gasteiger partial charge on any atom is -0.295 e. The molecule has 0 aliphatic carbocycles. The van der Waals surface area contributed by atoms with Crippen molar-refractivity contribution >= 4 is 26.8 Å². The van der Waals surface area contributed by atoms with E-state index in [2.05, 4.69) is 27.8 Å². The van der Waals surface area contributed by atoms with E-state index >= 15 is 0 Å². The van der Waals surface area contributed by atoms with Gasteiger partial charge in [-0.05, 0) is 57.5 Å². The minimum atomic E-state index is 0.0862. The number of piperidine rings is 1. The van der Waals surface area contributed by atoms with Crippen LogP contribution in [0.25, 0.3) is 10.9 Å². The van der Waals surface area contributed by atoms with Gasteiger partial charge in [-0.25, -0.2) is 4.98 Å². The molecule has 1 unspecified atom stereocenters. The molecule has 0 amide bonds. The predicted octanol–water partition coefficient (Wildman–Crippen LogP) is 4.51. The van der Waals surface area contributed by atoms with Crippen LogP contribution in [-0.2, 0) is 6.54 Å². The maximum absolute atomic E-state index is 13.0. The van der Waals surface area contributed by atoms with Gasteiger partial charge in [-0.2, -0.15) is 0 Å². The second-order valence-corrected chi connectivity index (χ2v) is 7.50. The summed E-state index contributed by atoms with van der Waals surface area (Å²) >= 11 is 3.50. The van der Waals surface area contributed by atoms with Crippen molar-refractivity contribution in [2.45, 2.75) is 58.5 Å². The summed E-state index contributed by atoms with van der Waals surface area (Å²) in [5.74, 6) is 0.942. The lowest BCUT2D eigenvalue weighted by molar-refractivity contribution is 0.144. The maximum Gasteiger partial charge on any atom is 0.261 e. The zero-order valence-corrected chi connectivity index (χ0v) is 16.2. The highest BCUT2D eigenvalue weighted by atomic mass is 79.9. The van der Waals surface area contributed by atoms with E-state index in [1.54, 1.807) is 0 Å². The van der Waals surface area contributed by atoms with Crippen molar-refractivity contribution in [2.24, 2.45) is 0 Å². The molecule has 1 aromatic carbocycles. The molecule has 0 N–H and O–H groups in total. The highest BCUT2D eigenvalue weighted by molar-refractivity contribution is 9.10. The largest absolute Gasteiger partial charge is 0.295 e. The van der Waals surface area contributed by atoms with Crippen molar-refractivity contribution in [1.82, 2.24) is 14.5 Å². The molecular weight excluding hydrogens is 366 g/mol. The second kappa shape index (κ2) is 7.79. The molecule has 3 rings (SSSR count). The first kappa shape index (κ1) is 17.6. The fraction of sp³-hybridized carbons (Fsp3) is 0.579. The van der Waals surface area contributed by atoms with E-state index in [1.165, 1.54) is 19.3 Å². The topological polar surface area (TPSA) is 38.1 Å². The lowest BCUT2D eigenvalue weighted by atomic mass is 10.0. The van der Waals surface area contributed by atoms with Crippen molar-refractivity contribution in [1.29, 1.82) is 0 Å². The van der Waals surface area contributed by atoms with Gasteiger partial charge in [0.15, 0.2) is 0 Å². The Hall–Kier alpha value is -1.20. The summed E-state index contributed by atoms with van der Waals surface area (Å²) in [7, 11) is 0. The summed E-state index contributed by atoms with van der Waals surface area (Å²) in [6.45, 7) is 7.14. The Morgan fingerprint density at radius 2 is 1.96 bits per heavy atom. The third kappa shape index (κ3) is 3.42. The van der Waals surface area contributed by atoms with E-state index < -0.39 is 0 Å². The second-order valence-electron chi connectivity index (χ2n) is 6.58. The van der Waals surface area contributed by atoms with Crippen molar-refractivity contribution in [3.05, 3.63) is 38.9 Å². The van der Waals surface area contributed by atoms with Gasteiger partial charge in [-0.3, -0.25) is 14.3 Å². The van der Waals surface area contributed by atoms with Crippen LogP contribution >= 0.6 is 15.9 Å². The molecule has 1 aliphatic heterocycles. The Morgan fingerprint density at radius 1 is 1.21 bits per heavy atom. The van der Waals surface area contributed by atoms with E-state index in [-0.39, 0.29) is 11.6 Å². The van der Waals surface area contributed by atoms with Gasteiger partial charge in [0, 0.05) is 11.0 Å². The molecule has 0 radical (unpaired) electrons. The number of halogens is 1. The molecule has 24 heavy (non-hydrogen) atoms. The smallest absolute Gasteiger partial charge is 0.261 e. The van der Waals surface area contributed by atoms with Crippen LogP contribution in [0.4, 0.5) is 0 Å². The van der Waals surface area contributed by atoms with Crippen LogP contribution in [0.2, 0.25) is 0 Å². The van der Waals surface area contributed by atoms with Crippen LogP contribution in [0, 0.1) is 0 Å². The summed E-state index contributed by atoms with van der Waals surface area (Å²) in [5.41, 5.74) is 0.885. The van der Waals surface area contributed by atoms with Gasteiger partial charge < -0.3 is 0 Å². The predicted molar refractivity (Wildman–Crippen MR) is 102 cm³/mol. The number of hydrogen-bond acceptors (Lipinski definition) is 3. The molecule has 1 fully saturated rings. The Kier molecular flexibility index (Phi) is 5.72. The number of benzene rings is 1. The summed E-state index contributed by atoms with van der Waals surface area (Å²) in [6, 6.07) is 5.99. The number of hydrogen-bond donors (Lipinski definition) is 0. The average Bonchev–Trinajstić information content (AvgIpc) is 2.60. The van der Waals surface area contributed by atoms with Crippen LogP contribution < -0.4 is 5.56 Å². The molecule has 0 saturated carbocycles. The zero-order valence-electron chi connectivity index (χ0n) is 14.6. The number of fused-ring (bicyclic) bond motifs is 1. The molecule has 0 bridgehead atoms. The van der Waals surface area contributed by atoms with Crippen LogP contribution in [0.5, 0.6) is 0 Å². The monoisotopic (exact) mass is 391 g/mol. The van der Waals surface area contributed by atoms with Gasteiger partial charge in [0.1, 0.15) is 5.82 Å². The van der Waals surface area contributed by atoms with Crippen LogP contribution in [0.3, 0.4) is 0 Å². The zero-order chi connectivity index (χ0) is 17.1. The Balaban J connectivity index is 2.15. The molecule has 4 nitrogen and oxygen atoms in total. The van der Waals surface area contributed by atoms with Gasteiger partial charge in [0.2, 0.25) is 0 Å². The molecule has 1 aliphatic rings. The fourth-order valence-corrected chi connectivity index (χ4v) is 4.10. The van der Waals surface area contributed by atoms with Crippen molar-refractivity contribution in [3.8, 4) is 0 Å². The van der Waals surface area contributed by atoms with E-state index in [9.17, 15) is 4.79 Å². The number of rotatable bonds is 5. The Morgan fingerprint density at radius 3 is 2.62 bits per heavy atom. The van der Waals surface area contributed by atoms with Crippen LogP contribution in [-0.4, -0.2) is 27.5 Å². The van der Waals surface area contributed by atoms with Gasteiger partial charge in [0.25, 0.3) is 5.56 Å². The van der Waals surface area contributed by atoms with E-state index in [4.69, 9.17) is 4.98 Å². The lowest BCUT2D eigenvalue weighted by Crippen LogP contribution is -2.38. The number of likely N-dealkylation sites (tertiary alicyclic amines) is 1. The van der Waals surface area contributed by atoms with Gasteiger partial charge in [-0.15, -0.1) is 0 Å². The summed E-state index contributed by atoms with van der Waals surface area (Å²) < 4.78 is 2.85. The first-order chi connectivity index (χ1) is 11.7. The van der Waals surface area contributed by atoms with Gasteiger partial charge in [-0.1, -0.05) is 35.7 Å². The van der Waals surface area contributed by atoms with Crippen molar-refractivity contribution in [2.75, 3.05) is 13.1 Å². The maximum atomic E-state index is 13.0. The van der Waals surface area contributed by atoms with Gasteiger partial charge >= 0.3 is 0 Å². The molecule has 1 aromatic heterocycles. The molecule has 1 atom stereocenters. The molecule has 2 heterocycles. The van der Waals surface area contributed by atoms with E-state index in [1.807, 2.05) is 29.7 Å². The first-order valence-electron chi connectivity index (χ1n) is 9.09. The Labute approximate surface area is 152 Å². The highest BCUT2D eigenvalue weighted by Crippen LogP contribution is 2.28. The first-order valence-corrected chi connectivity index (χ1v) is 9.89. The summed E-state index contributed by atoms with van der Waals surface area (Å²) in [4.78, 5) is 20.5. The van der Waals surface area contributed by atoms with Crippen molar-refractivity contribution < 1.29 is 0 Å². The SMILES string of the molecule is CCCC(c1nc2cc(Br)ccc2c(=O)n1CC)N1CCCCC1. The third-order valence-electron chi connectivity index (χ3n) is 4.95. The normalized spacial score (nSPS) is 17.3. The van der Waals surface area contributed by atoms with E-state index in [0.717, 1.165) is 41.7 Å². The molecule has 0 spiro atoms.